The Morgan fingerprint density at radius 3 is 1.00 bits per heavy atom. The van der Waals surface area contributed by atoms with Gasteiger partial charge in [-0.15, -0.1) is 0 Å². The van der Waals surface area contributed by atoms with Crippen molar-refractivity contribution >= 4 is 63.0 Å². The summed E-state index contributed by atoms with van der Waals surface area (Å²) in [5, 5.41) is 0. The van der Waals surface area contributed by atoms with Gasteiger partial charge in [-0.25, -0.2) is 0 Å². The number of rotatable bonds is 0. The molecule has 0 amide bonds. The first-order valence-corrected chi connectivity index (χ1v) is 0. The number of hydrogen-bond acceptors (Lipinski definition) is 0. The molecular formula is H11AlGaInO. The van der Waals surface area contributed by atoms with Gasteiger partial charge in [0.05, 0.1) is 0 Å². The molecule has 0 aliphatic carbocycles. The molecule has 0 aromatic rings. The minimum atomic E-state index is 0. The molecule has 26 valence electrons. The van der Waals surface area contributed by atoms with E-state index < -0.39 is 0 Å². The first-order valence-electron chi connectivity index (χ1n) is 0. The van der Waals surface area contributed by atoms with E-state index in [9.17, 15) is 0 Å². The van der Waals surface area contributed by atoms with E-state index in [0.29, 0.717) is 0 Å². The van der Waals surface area contributed by atoms with Gasteiger partial charge >= 0.3 is 45.6 Å². The molecular weight excluding hydrogens is 228 g/mol. The van der Waals surface area contributed by atoms with Crippen molar-refractivity contribution in [3.05, 3.63) is 0 Å². The van der Waals surface area contributed by atoms with Gasteiger partial charge in [-0.1, -0.05) is 0 Å². The minimum absolute atomic E-state index is 0. The quantitative estimate of drug-likeness (QED) is 0.382. The van der Waals surface area contributed by atoms with E-state index in [1.54, 1.807) is 0 Å². The molecule has 0 saturated heterocycles. The third-order valence-electron chi connectivity index (χ3n) is 0. The average Bonchev–Trinajstić information content (AvgIpc) is 0. The van der Waals surface area contributed by atoms with E-state index in [4.69, 9.17) is 0 Å². The van der Waals surface area contributed by atoms with Gasteiger partial charge in [0.1, 0.15) is 0 Å². The van der Waals surface area contributed by atoms with Gasteiger partial charge in [0, 0.05) is 0 Å². The molecule has 0 aliphatic heterocycles. The van der Waals surface area contributed by atoms with Crippen LogP contribution in [0.4, 0.5) is 0 Å². The van der Waals surface area contributed by atoms with E-state index in [-0.39, 0.29) is 68.5 Å². The van der Waals surface area contributed by atoms with E-state index >= 15 is 0 Å². The molecule has 0 aliphatic rings. The Balaban J connectivity index is 0. The summed E-state index contributed by atoms with van der Waals surface area (Å²) in [4.78, 5) is 0. The standard InChI is InChI=1S/Al.Ga.In.H2O.9H/h;;;1H2;;;;;;;;;. The molecule has 0 atom stereocenters. The summed E-state index contributed by atoms with van der Waals surface area (Å²) in [5.74, 6) is 0. The van der Waals surface area contributed by atoms with Gasteiger partial charge < -0.3 is 5.48 Å². The van der Waals surface area contributed by atoms with Crippen LogP contribution in [0.25, 0.3) is 0 Å². The fourth-order valence-electron chi connectivity index (χ4n) is 0. The maximum atomic E-state index is 0. The van der Waals surface area contributed by atoms with Crippen molar-refractivity contribution in [2.75, 3.05) is 0 Å². The van der Waals surface area contributed by atoms with E-state index in [0.717, 1.165) is 0 Å². The first-order chi connectivity index (χ1) is 0. The normalized spacial score (nSPS) is 0. The predicted molar refractivity (Wildman–Crippen MR) is 33.4 cm³/mol. The van der Waals surface area contributed by atoms with Crippen molar-refractivity contribution in [3.8, 4) is 0 Å². The zero-order chi connectivity index (χ0) is 0. The molecule has 2 N–H and O–H groups in total. The Hall–Kier alpha value is 2.00. The molecule has 0 spiro atoms. The third-order valence-corrected chi connectivity index (χ3v) is 0. The van der Waals surface area contributed by atoms with Crippen LogP contribution < -0.4 is 0 Å². The van der Waals surface area contributed by atoms with E-state index in [1.165, 1.54) is 0 Å². The molecule has 0 aromatic carbocycles. The van der Waals surface area contributed by atoms with Crippen LogP contribution in [0.5, 0.6) is 0 Å². The SMILES string of the molecule is O.[AlH3].[GaH3].[InH3]. The predicted octanol–water partition coefficient (Wildman–Crippen LogP) is -4.38. The summed E-state index contributed by atoms with van der Waals surface area (Å²) < 4.78 is 0. The molecule has 0 saturated carbocycles. The van der Waals surface area contributed by atoms with Crippen molar-refractivity contribution < 1.29 is 5.48 Å². The summed E-state index contributed by atoms with van der Waals surface area (Å²) in [6.07, 6.45) is 0. The topological polar surface area (TPSA) is 31.5 Å². The van der Waals surface area contributed by atoms with Crippen molar-refractivity contribution in [1.29, 1.82) is 0 Å². The van der Waals surface area contributed by atoms with Gasteiger partial charge in [0.15, 0.2) is 17.4 Å². The molecule has 4 heteroatoms. The molecule has 0 radical (unpaired) electrons. The van der Waals surface area contributed by atoms with Crippen LogP contribution in [-0.2, 0) is 0 Å². The first kappa shape index (κ1) is 37.5. The summed E-state index contributed by atoms with van der Waals surface area (Å²) in [6.45, 7) is 0. The molecule has 0 aromatic heterocycles. The molecule has 0 unspecified atom stereocenters. The van der Waals surface area contributed by atoms with Crippen LogP contribution >= 0.6 is 0 Å². The van der Waals surface area contributed by atoms with Crippen molar-refractivity contribution in [1.82, 2.24) is 0 Å². The van der Waals surface area contributed by atoms with Gasteiger partial charge in [-0.3, -0.25) is 0 Å². The third kappa shape index (κ3) is 9.00. The van der Waals surface area contributed by atoms with Crippen LogP contribution in [0.2, 0.25) is 0 Å². The summed E-state index contributed by atoms with van der Waals surface area (Å²) in [7, 11) is 0. The average molecular weight is 239 g/mol. The van der Waals surface area contributed by atoms with Crippen LogP contribution in [0, 0.1) is 0 Å². The fourth-order valence-corrected chi connectivity index (χ4v) is 0. The van der Waals surface area contributed by atoms with Crippen LogP contribution in [0.1, 0.15) is 0 Å². The monoisotopic (exact) mass is 238 g/mol. The van der Waals surface area contributed by atoms with Crippen molar-refractivity contribution in [2.45, 2.75) is 0 Å². The maximum absolute atomic E-state index is 0. The zero-order valence-corrected chi connectivity index (χ0v) is 0.500. The second-order valence-electron chi connectivity index (χ2n) is 0. The van der Waals surface area contributed by atoms with E-state index in [1.807, 2.05) is 0 Å². The Morgan fingerprint density at radius 1 is 1.00 bits per heavy atom. The fraction of sp³-hybridized carbons (Fsp3) is 0. The van der Waals surface area contributed by atoms with Gasteiger partial charge in [0.25, 0.3) is 0 Å². The van der Waals surface area contributed by atoms with Crippen LogP contribution in [-0.4, -0.2) is 68.5 Å². The summed E-state index contributed by atoms with van der Waals surface area (Å²) >= 11 is 0. The second kappa shape index (κ2) is 20.0. The van der Waals surface area contributed by atoms with Crippen molar-refractivity contribution in [2.24, 2.45) is 0 Å². The molecule has 0 bridgehead atoms. The summed E-state index contributed by atoms with van der Waals surface area (Å²) in [6, 6.07) is 0. The van der Waals surface area contributed by atoms with Crippen LogP contribution in [0.15, 0.2) is 0 Å². The Kier molecular flexibility index (Phi) is 188. The Bertz CT molecular complexity index is 8.00. The summed E-state index contributed by atoms with van der Waals surface area (Å²) in [5.41, 5.74) is 0. The van der Waals surface area contributed by atoms with Gasteiger partial charge in [0.2, 0.25) is 0 Å². The second-order valence-corrected chi connectivity index (χ2v) is 0. The zero-order valence-electron chi connectivity index (χ0n) is 0.500. The molecule has 4 heavy (non-hydrogen) atoms. The van der Waals surface area contributed by atoms with Gasteiger partial charge in [-0.2, -0.15) is 0 Å². The number of hydrogen-bond donors (Lipinski definition) is 0. The van der Waals surface area contributed by atoms with Gasteiger partial charge in [-0.05, 0) is 0 Å². The Labute approximate surface area is 67.8 Å². The molecule has 0 fully saturated rings. The van der Waals surface area contributed by atoms with E-state index in [2.05, 4.69) is 0 Å². The molecule has 0 rings (SSSR count). The Morgan fingerprint density at radius 2 is 1.00 bits per heavy atom. The molecule has 0 heterocycles. The van der Waals surface area contributed by atoms with Crippen molar-refractivity contribution in [3.63, 3.8) is 0 Å². The van der Waals surface area contributed by atoms with Crippen LogP contribution in [0.3, 0.4) is 0 Å². The molecule has 1 nitrogen and oxygen atoms in total.